The predicted molar refractivity (Wildman–Crippen MR) is 134 cm³/mol. The molecule has 0 saturated heterocycles. The quantitative estimate of drug-likeness (QED) is 0.364. The van der Waals surface area contributed by atoms with E-state index in [4.69, 9.17) is 9.47 Å². The number of fused-ring (bicyclic) bond motifs is 2. The number of benzene rings is 3. The van der Waals surface area contributed by atoms with Gasteiger partial charge in [0.2, 0.25) is 12.0 Å². The number of para-hydroxylation sites is 1. The number of carbonyl (C=O) groups excluding carboxylic acids is 1. The van der Waals surface area contributed by atoms with Gasteiger partial charge in [-0.2, -0.15) is 0 Å². The molecule has 1 N–H and O–H groups in total. The lowest BCUT2D eigenvalue weighted by molar-refractivity contribution is -0.127. The molecule has 7 heteroatoms. The Labute approximate surface area is 203 Å². The molecule has 0 saturated carbocycles. The molecule has 1 aliphatic rings. The van der Waals surface area contributed by atoms with Crippen LogP contribution in [0.2, 0.25) is 0 Å². The summed E-state index contributed by atoms with van der Waals surface area (Å²) >= 11 is 0. The topological polar surface area (TPSA) is 85.4 Å². The van der Waals surface area contributed by atoms with Gasteiger partial charge in [0.1, 0.15) is 6.61 Å². The minimum absolute atomic E-state index is 0.0431. The average Bonchev–Trinajstić information content (AvgIpc) is 3.12. The van der Waals surface area contributed by atoms with E-state index in [0.717, 1.165) is 16.6 Å². The van der Waals surface area contributed by atoms with E-state index in [-0.39, 0.29) is 23.6 Å². The van der Waals surface area contributed by atoms with Crippen molar-refractivity contribution in [3.05, 3.63) is 83.9 Å². The van der Waals surface area contributed by atoms with Crippen molar-refractivity contribution >= 4 is 22.5 Å². The average molecular weight is 470 g/mol. The van der Waals surface area contributed by atoms with E-state index in [9.17, 15) is 9.90 Å². The van der Waals surface area contributed by atoms with Crippen LogP contribution < -0.4 is 9.47 Å². The molecule has 0 fully saturated rings. The van der Waals surface area contributed by atoms with E-state index in [0.29, 0.717) is 23.4 Å². The number of carbonyl (C=O) groups is 1. The van der Waals surface area contributed by atoms with Crippen molar-refractivity contribution in [3.63, 3.8) is 0 Å². The zero-order valence-electron chi connectivity index (χ0n) is 19.9. The van der Waals surface area contributed by atoms with E-state index < -0.39 is 12.0 Å². The second-order valence-electron chi connectivity index (χ2n) is 9.63. The van der Waals surface area contributed by atoms with Crippen molar-refractivity contribution in [2.75, 3.05) is 6.61 Å². The number of aromatic hydroxyl groups is 1. The smallest absolute Gasteiger partial charge is 0.308 e. The van der Waals surface area contributed by atoms with E-state index in [1.807, 2.05) is 72.8 Å². The molecule has 2 heterocycles. The Bertz CT molecular complexity index is 1420. The van der Waals surface area contributed by atoms with Gasteiger partial charge in [0.05, 0.1) is 12.1 Å². The standard InChI is InChI=1S/C28H27N3O4/c1-28(2,3)19-13-14-22-23(15-19)35-24(17-34-22)26(32)30-29-25-20-11-7-8-12-21(20)31(27(25)33)16-18-9-5-4-6-10-18/h4-15,24,33H,16-17H2,1-3H3. The number of nitrogens with zero attached hydrogens (tertiary/aromatic N) is 3. The van der Waals surface area contributed by atoms with Gasteiger partial charge in [0.25, 0.3) is 0 Å². The van der Waals surface area contributed by atoms with Crippen LogP contribution in [0.15, 0.2) is 83.0 Å². The van der Waals surface area contributed by atoms with Gasteiger partial charge in [-0.05, 0) is 34.7 Å². The Morgan fingerprint density at radius 2 is 1.77 bits per heavy atom. The first-order valence-corrected chi connectivity index (χ1v) is 11.5. The van der Waals surface area contributed by atoms with Gasteiger partial charge in [-0.1, -0.05) is 75.4 Å². The number of aromatic nitrogens is 1. The fourth-order valence-corrected chi connectivity index (χ4v) is 4.12. The second-order valence-corrected chi connectivity index (χ2v) is 9.63. The molecule has 0 spiro atoms. The summed E-state index contributed by atoms with van der Waals surface area (Å²) in [6.07, 6.45) is -0.915. The lowest BCUT2D eigenvalue weighted by Crippen LogP contribution is -2.35. The summed E-state index contributed by atoms with van der Waals surface area (Å²) in [7, 11) is 0. The lowest BCUT2D eigenvalue weighted by atomic mass is 9.87. The molecule has 4 aromatic rings. The van der Waals surface area contributed by atoms with Crippen LogP contribution in [0.3, 0.4) is 0 Å². The lowest BCUT2D eigenvalue weighted by Gasteiger charge is -2.27. The van der Waals surface area contributed by atoms with Gasteiger partial charge in [-0.3, -0.25) is 4.79 Å². The summed E-state index contributed by atoms with van der Waals surface area (Å²) in [5.74, 6) is 0.490. The Balaban J connectivity index is 1.40. The Morgan fingerprint density at radius 1 is 1.03 bits per heavy atom. The zero-order valence-corrected chi connectivity index (χ0v) is 19.9. The van der Waals surface area contributed by atoms with Crippen LogP contribution in [0.4, 0.5) is 5.69 Å². The highest BCUT2D eigenvalue weighted by Gasteiger charge is 2.29. The van der Waals surface area contributed by atoms with Crippen LogP contribution in [-0.4, -0.2) is 28.3 Å². The SMILES string of the molecule is CC(C)(C)c1ccc2c(c1)OC(C(=O)N=Nc1c(O)n(Cc3ccccc3)c3ccccc13)CO2. The molecule has 1 aliphatic heterocycles. The van der Waals surface area contributed by atoms with Crippen molar-refractivity contribution < 1.29 is 19.4 Å². The molecular formula is C28H27N3O4. The third-order valence-corrected chi connectivity index (χ3v) is 6.09. The number of hydrogen-bond donors (Lipinski definition) is 1. The molecule has 1 aromatic heterocycles. The fraction of sp³-hybridized carbons (Fsp3) is 0.250. The minimum atomic E-state index is -0.915. The summed E-state index contributed by atoms with van der Waals surface area (Å²) < 4.78 is 13.4. The maximum Gasteiger partial charge on any atom is 0.308 e. The summed E-state index contributed by atoms with van der Waals surface area (Å²) in [5.41, 5.74) is 3.09. The third-order valence-electron chi connectivity index (χ3n) is 6.09. The van der Waals surface area contributed by atoms with Gasteiger partial charge in [0.15, 0.2) is 17.2 Å². The van der Waals surface area contributed by atoms with Gasteiger partial charge < -0.3 is 19.1 Å². The third kappa shape index (κ3) is 4.49. The number of hydrogen-bond acceptors (Lipinski definition) is 5. The summed E-state index contributed by atoms with van der Waals surface area (Å²) in [6, 6.07) is 23.1. The van der Waals surface area contributed by atoms with Crippen molar-refractivity contribution in [2.24, 2.45) is 10.2 Å². The molecule has 1 atom stereocenters. The number of rotatable bonds is 4. The molecule has 1 unspecified atom stereocenters. The minimum Gasteiger partial charge on any atom is -0.493 e. The van der Waals surface area contributed by atoms with Crippen molar-refractivity contribution in [1.82, 2.24) is 4.57 Å². The summed E-state index contributed by atoms with van der Waals surface area (Å²) in [4.78, 5) is 12.9. The highest BCUT2D eigenvalue weighted by atomic mass is 16.6. The monoisotopic (exact) mass is 469 g/mol. The molecule has 178 valence electrons. The molecule has 0 radical (unpaired) electrons. The molecular weight excluding hydrogens is 442 g/mol. The van der Waals surface area contributed by atoms with Crippen LogP contribution in [0.1, 0.15) is 31.9 Å². The van der Waals surface area contributed by atoms with Crippen LogP contribution in [0, 0.1) is 0 Å². The van der Waals surface area contributed by atoms with Crippen molar-refractivity contribution in [2.45, 2.75) is 38.8 Å². The van der Waals surface area contributed by atoms with Crippen molar-refractivity contribution in [3.8, 4) is 17.4 Å². The first-order valence-electron chi connectivity index (χ1n) is 11.5. The highest BCUT2D eigenvalue weighted by molar-refractivity contribution is 5.95. The Morgan fingerprint density at radius 3 is 2.54 bits per heavy atom. The molecule has 0 bridgehead atoms. The maximum atomic E-state index is 12.9. The molecule has 7 nitrogen and oxygen atoms in total. The molecule has 0 aliphatic carbocycles. The molecule has 5 rings (SSSR count). The van der Waals surface area contributed by atoms with Crippen LogP contribution in [0.25, 0.3) is 10.9 Å². The highest BCUT2D eigenvalue weighted by Crippen LogP contribution is 2.40. The van der Waals surface area contributed by atoms with Crippen LogP contribution in [-0.2, 0) is 16.8 Å². The molecule has 3 aromatic carbocycles. The largest absolute Gasteiger partial charge is 0.493 e. The summed E-state index contributed by atoms with van der Waals surface area (Å²) in [6.45, 7) is 6.83. The van der Waals surface area contributed by atoms with E-state index >= 15 is 0 Å². The maximum absolute atomic E-state index is 12.9. The Kier molecular flexibility index (Phi) is 5.76. The van der Waals surface area contributed by atoms with E-state index in [1.54, 1.807) is 4.57 Å². The normalized spacial score (nSPS) is 15.6. The first kappa shape index (κ1) is 22.7. The number of ether oxygens (including phenoxy) is 2. The van der Waals surface area contributed by atoms with Gasteiger partial charge in [-0.15, -0.1) is 10.2 Å². The predicted octanol–water partition coefficient (Wildman–Crippen LogP) is 6.14. The van der Waals surface area contributed by atoms with E-state index in [1.165, 1.54) is 0 Å². The van der Waals surface area contributed by atoms with Crippen LogP contribution >= 0.6 is 0 Å². The van der Waals surface area contributed by atoms with Gasteiger partial charge >= 0.3 is 5.91 Å². The van der Waals surface area contributed by atoms with Gasteiger partial charge in [0, 0.05) is 5.39 Å². The number of amides is 1. The van der Waals surface area contributed by atoms with E-state index in [2.05, 4.69) is 31.0 Å². The fourth-order valence-electron chi connectivity index (χ4n) is 4.12. The zero-order chi connectivity index (χ0) is 24.6. The molecule has 1 amide bonds. The first-order chi connectivity index (χ1) is 16.8. The number of azo groups is 1. The van der Waals surface area contributed by atoms with Gasteiger partial charge in [-0.25, -0.2) is 0 Å². The molecule has 35 heavy (non-hydrogen) atoms. The van der Waals surface area contributed by atoms with Crippen LogP contribution in [0.5, 0.6) is 17.4 Å². The second kappa shape index (κ2) is 8.91. The Hall–Kier alpha value is -4.13. The summed E-state index contributed by atoms with van der Waals surface area (Å²) in [5, 5.41) is 19.7. The van der Waals surface area contributed by atoms with Crippen molar-refractivity contribution in [1.29, 1.82) is 0 Å².